The van der Waals surface area contributed by atoms with E-state index < -0.39 is 156 Å². The van der Waals surface area contributed by atoms with Crippen LogP contribution in [0.5, 0.6) is 0 Å². The van der Waals surface area contributed by atoms with Crippen LogP contribution in [-0.2, 0) is 59.2 Å². The summed E-state index contributed by atoms with van der Waals surface area (Å²) >= 11 is 0. The molecule has 26 nitrogen and oxygen atoms in total. The average molecular weight is 1280 g/mol. The Morgan fingerprint density at radius 3 is 1.62 bits per heavy atom. The molecule has 0 bridgehead atoms. The monoisotopic (exact) mass is 1280 g/mol. The van der Waals surface area contributed by atoms with Crippen LogP contribution in [0.2, 0.25) is 0 Å². The number of hydrogen-bond donors (Lipinski definition) is 14. The maximum absolute atomic E-state index is 14.7. The lowest BCUT2D eigenvalue weighted by Crippen LogP contribution is -2.62. The molecule has 1 aromatic rings. The summed E-state index contributed by atoms with van der Waals surface area (Å²) in [6.07, 6.45) is 3.91. The lowest BCUT2D eigenvalue weighted by atomic mass is 9.91. The Kier molecular flexibility index (Phi) is 36.5. The number of amides is 10. The Balaban J connectivity index is 2.43. The van der Waals surface area contributed by atoms with E-state index in [1.54, 1.807) is 51.1 Å². The summed E-state index contributed by atoms with van der Waals surface area (Å²) in [5.41, 5.74) is 6.41. The number of nitrogens with zero attached hydrogens (tertiary/aromatic N) is 1. The fourth-order valence-corrected chi connectivity index (χ4v) is 10.5. The van der Waals surface area contributed by atoms with Gasteiger partial charge in [0, 0.05) is 51.6 Å². The highest BCUT2D eigenvalue weighted by Crippen LogP contribution is 2.22. The maximum Gasteiger partial charge on any atom is 0.308 e. The summed E-state index contributed by atoms with van der Waals surface area (Å²) in [5.74, 6) is -11.1. The quantitative estimate of drug-likeness (QED) is 0.0327. The second kappa shape index (κ2) is 41.5. The van der Waals surface area contributed by atoms with Gasteiger partial charge in [-0.15, -0.1) is 0 Å². The van der Waals surface area contributed by atoms with Crippen molar-refractivity contribution in [3.63, 3.8) is 0 Å². The number of unbranched alkanes of at least 4 members (excludes halogenated alkanes) is 2. The van der Waals surface area contributed by atoms with Crippen molar-refractivity contribution >= 4 is 65.0 Å². The number of hydrogen-bond acceptors (Lipinski definition) is 15. The molecule has 2 rings (SSSR count). The molecule has 91 heavy (non-hydrogen) atoms. The zero-order valence-corrected chi connectivity index (χ0v) is 55.7. The zero-order valence-electron chi connectivity index (χ0n) is 55.7. The first-order chi connectivity index (χ1) is 43.0. The molecule has 0 unspecified atom stereocenters. The minimum absolute atomic E-state index is 0.0543. The van der Waals surface area contributed by atoms with Gasteiger partial charge in [0.15, 0.2) is 0 Å². The van der Waals surface area contributed by atoms with Crippen molar-refractivity contribution in [3.05, 3.63) is 47.7 Å². The van der Waals surface area contributed by atoms with Crippen molar-refractivity contribution in [2.24, 2.45) is 41.2 Å². The molecule has 14 atom stereocenters. The second-order valence-corrected chi connectivity index (χ2v) is 25.2. The first-order valence-corrected chi connectivity index (χ1v) is 32.6. The Labute approximate surface area is 537 Å². The first kappa shape index (κ1) is 80.1. The molecule has 0 aromatic heterocycles. The fourth-order valence-electron chi connectivity index (χ4n) is 10.5. The standard InChI is InChI=1S/C65H109N11O15/c1-13-18-20-25-43(66)33-53(80)68-47(26-28-77)57(82)69-46(17-5)64(89)76-36-44(79)34-52(76)61(86)70-48(27-29-78)58(83)72-51(32-42-23-21-19-22-24-42)59(84)71-50(31-38(8)9)60(85)74-55(41(12)16-4)63(88)75-54(40(11)15-3)62(87)73-49(30-37(6)7)56(81)67-35-45(65(90)91)39(10)14-2/h17,19,21-24,37-41,43-45,47-52,54-55,77-79H,13-16,18,20,25-36,66H2,1-12H3,(H,67,81)(H,68,80)(H,69,82)(H,70,86)(H,71,84)(H,72,83)(H,73,87)(H,74,85)(H,75,88)(H,90,91)/b46-17+/t39-,40-,41-,43+,44+,45+,47-,48-,49-,50+,51+,52-,54+,55-/m0/s1. The smallest absolute Gasteiger partial charge is 0.308 e. The third kappa shape index (κ3) is 27.4. The Bertz CT molecular complexity index is 2550. The number of carboxylic acids is 1. The van der Waals surface area contributed by atoms with E-state index in [0.717, 1.165) is 24.2 Å². The minimum atomic E-state index is -1.53. The summed E-state index contributed by atoms with van der Waals surface area (Å²) in [5, 5.41) is 64.8. The molecule has 0 spiro atoms. The van der Waals surface area contributed by atoms with Crippen LogP contribution in [0.3, 0.4) is 0 Å². The van der Waals surface area contributed by atoms with Crippen LogP contribution in [-0.4, -0.2) is 177 Å². The molecule has 26 heteroatoms. The third-order valence-corrected chi connectivity index (χ3v) is 16.7. The summed E-state index contributed by atoms with van der Waals surface area (Å²) < 4.78 is 0. The number of benzene rings is 1. The number of nitrogens with one attached hydrogen (secondary N) is 9. The molecular formula is C65H109N11O15. The van der Waals surface area contributed by atoms with Gasteiger partial charge in [0.05, 0.1) is 12.0 Å². The summed E-state index contributed by atoms with van der Waals surface area (Å²) in [6, 6.07) is -2.31. The van der Waals surface area contributed by atoms with Gasteiger partial charge in [-0.25, -0.2) is 0 Å². The Morgan fingerprint density at radius 1 is 0.604 bits per heavy atom. The molecule has 0 saturated carbocycles. The van der Waals surface area contributed by atoms with Gasteiger partial charge in [-0.2, -0.15) is 0 Å². The number of carboxylic acid groups (broad SMARTS) is 1. The SMILES string of the molecule is C/C=C(/NC(=O)[C@H](CCO)NC(=O)C[C@H](N)CCCCC)C(=O)N1C[C@H](O)C[C@H]1C(=O)N[C@@H](CCO)C(=O)N[C@H](Cc1ccccc1)C(=O)N[C@H](CC(C)C)C(=O)N[C@H](C(=O)N[C@@H](C(=O)N[C@@H](CC(C)C)C(=O)NC[C@@H](C(=O)O)[C@@H](C)CC)[C@@H](C)CC)[C@@H](C)CC. The number of nitrogens with two attached hydrogens (primary N) is 1. The number of carbonyl (C=O) groups is 11. The molecule has 1 aliphatic rings. The second-order valence-electron chi connectivity index (χ2n) is 25.2. The summed E-state index contributed by atoms with van der Waals surface area (Å²) in [6.45, 7) is 19.9. The highest BCUT2D eigenvalue weighted by molar-refractivity contribution is 6.02. The number of aliphatic carboxylic acids is 1. The van der Waals surface area contributed by atoms with Crippen molar-refractivity contribution in [1.82, 2.24) is 52.8 Å². The molecule has 1 aliphatic heterocycles. The van der Waals surface area contributed by atoms with Crippen molar-refractivity contribution in [2.45, 2.75) is 233 Å². The van der Waals surface area contributed by atoms with E-state index in [2.05, 4.69) is 47.9 Å². The van der Waals surface area contributed by atoms with E-state index in [-0.39, 0.29) is 81.5 Å². The van der Waals surface area contributed by atoms with Gasteiger partial charge < -0.3 is 78.9 Å². The first-order valence-electron chi connectivity index (χ1n) is 32.6. The van der Waals surface area contributed by atoms with Crippen LogP contribution >= 0.6 is 0 Å². The van der Waals surface area contributed by atoms with E-state index in [9.17, 15) is 73.2 Å². The van der Waals surface area contributed by atoms with Crippen molar-refractivity contribution in [3.8, 4) is 0 Å². The molecule has 514 valence electrons. The lowest BCUT2D eigenvalue weighted by molar-refractivity contribution is -0.144. The van der Waals surface area contributed by atoms with Gasteiger partial charge in [0.25, 0.3) is 5.91 Å². The summed E-state index contributed by atoms with van der Waals surface area (Å²) in [7, 11) is 0. The van der Waals surface area contributed by atoms with Crippen molar-refractivity contribution in [2.75, 3.05) is 26.3 Å². The molecule has 1 fully saturated rings. The highest BCUT2D eigenvalue weighted by atomic mass is 16.4. The predicted octanol–water partition coefficient (Wildman–Crippen LogP) is 1.71. The van der Waals surface area contributed by atoms with Crippen LogP contribution in [0.25, 0.3) is 0 Å². The summed E-state index contributed by atoms with van der Waals surface area (Å²) in [4.78, 5) is 154. The molecule has 10 amide bonds. The molecule has 0 radical (unpaired) electrons. The predicted molar refractivity (Wildman–Crippen MR) is 343 cm³/mol. The van der Waals surface area contributed by atoms with Gasteiger partial charge in [-0.3, -0.25) is 52.7 Å². The van der Waals surface area contributed by atoms with Gasteiger partial charge in [0.1, 0.15) is 54.0 Å². The molecule has 1 aromatic carbocycles. The number of aliphatic hydroxyl groups is 3. The van der Waals surface area contributed by atoms with Gasteiger partial charge in [0.2, 0.25) is 53.2 Å². The van der Waals surface area contributed by atoms with Crippen LogP contribution in [0.1, 0.15) is 172 Å². The third-order valence-electron chi connectivity index (χ3n) is 16.7. The Morgan fingerprint density at radius 2 is 1.10 bits per heavy atom. The van der Waals surface area contributed by atoms with E-state index in [1.165, 1.54) is 13.0 Å². The van der Waals surface area contributed by atoms with E-state index in [1.807, 2.05) is 55.4 Å². The van der Waals surface area contributed by atoms with Crippen LogP contribution in [0.15, 0.2) is 42.1 Å². The van der Waals surface area contributed by atoms with Gasteiger partial charge >= 0.3 is 5.97 Å². The number of likely N-dealkylation sites (tertiary alicyclic amines) is 1. The Hall–Kier alpha value is -7.03. The zero-order chi connectivity index (χ0) is 68.7. The lowest BCUT2D eigenvalue weighted by Gasteiger charge is -2.31. The minimum Gasteiger partial charge on any atom is -0.481 e. The van der Waals surface area contributed by atoms with Gasteiger partial charge in [-0.1, -0.05) is 151 Å². The van der Waals surface area contributed by atoms with E-state index in [0.29, 0.717) is 31.2 Å². The average Bonchev–Trinajstić information content (AvgIpc) is 2.16. The molecule has 1 saturated heterocycles. The maximum atomic E-state index is 14.7. The number of carbonyl (C=O) groups excluding carboxylic acids is 10. The van der Waals surface area contributed by atoms with Crippen molar-refractivity contribution < 1.29 is 73.2 Å². The van der Waals surface area contributed by atoms with E-state index >= 15 is 0 Å². The molecule has 0 aliphatic carbocycles. The van der Waals surface area contributed by atoms with E-state index in [4.69, 9.17) is 5.73 Å². The fraction of sp³-hybridized carbons (Fsp3) is 0.708. The number of rotatable bonds is 42. The number of allylic oxidation sites excluding steroid dienone is 1. The number of aliphatic hydroxyl groups excluding tert-OH is 3. The largest absolute Gasteiger partial charge is 0.481 e. The molecular weight excluding hydrogens is 1170 g/mol. The molecule has 15 N–H and O–H groups in total. The van der Waals surface area contributed by atoms with Crippen LogP contribution in [0, 0.1) is 35.5 Å². The molecule has 1 heterocycles. The highest BCUT2D eigenvalue weighted by Gasteiger charge is 2.43. The van der Waals surface area contributed by atoms with Crippen LogP contribution < -0.4 is 53.6 Å². The number of β-amino-alcohol motifs (C(OH)–C–C–N with tert-alkyl or cyclic N) is 1. The van der Waals surface area contributed by atoms with Crippen LogP contribution in [0.4, 0.5) is 0 Å². The van der Waals surface area contributed by atoms with Gasteiger partial charge in [-0.05, 0) is 74.2 Å². The van der Waals surface area contributed by atoms with Crippen molar-refractivity contribution in [1.29, 1.82) is 0 Å². The normalized spacial score (nSPS) is 18.1. The topological polar surface area (TPSA) is 406 Å².